The Hall–Kier alpha value is -4.23. The van der Waals surface area contributed by atoms with Crippen LogP contribution in [0.15, 0.2) is 81.6 Å². The third kappa shape index (κ3) is 5.32. The van der Waals surface area contributed by atoms with E-state index in [9.17, 15) is 4.79 Å². The summed E-state index contributed by atoms with van der Waals surface area (Å²) in [5.41, 5.74) is 7.53. The molecule has 5 aromatic rings. The monoisotopic (exact) mass is 509 g/mol. The first-order valence-corrected chi connectivity index (χ1v) is 12.5. The minimum absolute atomic E-state index is 0.158. The van der Waals surface area contributed by atoms with Crippen molar-refractivity contribution in [3.8, 4) is 22.8 Å². The fourth-order valence-electron chi connectivity index (χ4n) is 3.99. The average Bonchev–Trinajstić information content (AvgIpc) is 3.53. The Morgan fingerprint density at radius 3 is 2.51 bits per heavy atom. The van der Waals surface area contributed by atoms with Crippen LogP contribution in [0.2, 0.25) is 0 Å². The highest BCUT2D eigenvalue weighted by atomic mass is 32.1. The van der Waals surface area contributed by atoms with Crippen molar-refractivity contribution in [1.82, 2.24) is 10.3 Å². The molecular formula is C30H27N3O3S. The number of carbonyl (C=O) groups is 1. The highest BCUT2D eigenvalue weighted by Crippen LogP contribution is 2.28. The zero-order valence-corrected chi connectivity index (χ0v) is 21.9. The molecule has 0 aliphatic rings. The Labute approximate surface area is 220 Å². The second-order valence-electron chi connectivity index (χ2n) is 9.35. The lowest BCUT2D eigenvalue weighted by Crippen LogP contribution is -2.33. The minimum Gasteiger partial charge on any atom is -0.451 e. The summed E-state index contributed by atoms with van der Waals surface area (Å²) in [5, 5.41) is 5.88. The van der Waals surface area contributed by atoms with Crippen molar-refractivity contribution in [1.29, 1.82) is 0 Å². The van der Waals surface area contributed by atoms with E-state index in [1.807, 2.05) is 55.5 Å². The molecule has 2 N–H and O–H groups in total. The highest BCUT2D eigenvalue weighted by Gasteiger charge is 2.15. The smallest absolute Gasteiger partial charge is 0.293 e. The van der Waals surface area contributed by atoms with Gasteiger partial charge < -0.3 is 14.2 Å². The predicted molar refractivity (Wildman–Crippen MR) is 151 cm³/mol. The quantitative estimate of drug-likeness (QED) is 0.237. The molecule has 6 nitrogen and oxygen atoms in total. The number of aryl methyl sites for hydroxylation is 2. The summed E-state index contributed by atoms with van der Waals surface area (Å²) in [5.74, 6) is 1.30. The molecule has 37 heavy (non-hydrogen) atoms. The van der Waals surface area contributed by atoms with E-state index >= 15 is 0 Å². The molecular weight excluding hydrogens is 482 g/mol. The molecule has 0 spiro atoms. The molecule has 3 aromatic carbocycles. The maximum absolute atomic E-state index is 12.7. The Morgan fingerprint density at radius 2 is 1.73 bits per heavy atom. The maximum Gasteiger partial charge on any atom is 0.293 e. The second kappa shape index (κ2) is 10.0. The molecule has 1 amide bonds. The number of carbonyl (C=O) groups excluding carboxylic acids is 1. The maximum atomic E-state index is 12.7. The van der Waals surface area contributed by atoms with Crippen LogP contribution in [0.1, 0.15) is 47.0 Å². The molecule has 0 fully saturated rings. The number of benzene rings is 3. The number of anilines is 1. The zero-order chi connectivity index (χ0) is 26.1. The third-order valence-corrected chi connectivity index (χ3v) is 6.50. The molecule has 2 aromatic heterocycles. The van der Waals surface area contributed by atoms with Crippen LogP contribution in [0.3, 0.4) is 0 Å². The van der Waals surface area contributed by atoms with Crippen molar-refractivity contribution >= 4 is 40.0 Å². The molecule has 0 atom stereocenters. The number of thiocarbonyl (C=S) groups is 1. The van der Waals surface area contributed by atoms with Gasteiger partial charge in [-0.2, -0.15) is 0 Å². The van der Waals surface area contributed by atoms with Gasteiger partial charge in [0.1, 0.15) is 11.3 Å². The van der Waals surface area contributed by atoms with Crippen molar-refractivity contribution in [3.63, 3.8) is 0 Å². The van der Waals surface area contributed by atoms with Crippen LogP contribution in [0, 0.1) is 13.8 Å². The number of rotatable bonds is 5. The van der Waals surface area contributed by atoms with E-state index < -0.39 is 5.91 Å². The van der Waals surface area contributed by atoms with Gasteiger partial charge >= 0.3 is 0 Å². The molecule has 0 radical (unpaired) electrons. The Balaban J connectivity index is 1.27. The van der Waals surface area contributed by atoms with Crippen molar-refractivity contribution in [3.05, 3.63) is 95.2 Å². The van der Waals surface area contributed by atoms with E-state index in [1.54, 1.807) is 12.1 Å². The van der Waals surface area contributed by atoms with E-state index in [0.717, 1.165) is 27.8 Å². The Kier molecular flexibility index (Phi) is 6.63. The molecule has 0 saturated heterocycles. The summed E-state index contributed by atoms with van der Waals surface area (Å²) >= 11 is 5.37. The molecule has 0 unspecified atom stereocenters. The van der Waals surface area contributed by atoms with Crippen LogP contribution in [0.25, 0.3) is 33.9 Å². The molecule has 7 heteroatoms. The van der Waals surface area contributed by atoms with Gasteiger partial charge in [0.15, 0.2) is 16.5 Å². The highest BCUT2D eigenvalue weighted by molar-refractivity contribution is 7.80. The zero-order valence-electron chi connectivity index (χ0n) is 21.1. The van der Waals surface area contributed by atoms with E-state index in [-0.39, 0.29) is 10.9 Å². The molecule has 186 valence electrons. The topological polar surface area (TPSA) is 80.3 Å². The summed E-state index contributed by atoms with van der Waals surface area (Å²) in [6.07, 6.45) is 0. The molecule has 0 bridgehead atoms. The fourth-order valence-corrected chi connectivity index (χ4v) is 4.20. The number of oxazole rings is 1. The van der Waals surface area contributed by atoms with Gasteiger partial charge in [0.25, 0.3) is 5.91 Å². The third-order valence-electron chi connectivity index (χ3n) is 6.29. The van der Waals surface area contributed by atoms with Crippen LogP contribution >= 0.6 is 12.2 Å². The number of fused-ring (bicyclic) bond motifs is 1. The SMILES string of the molecule is Cc1ccc(-c2ccc(C(=O)NC(=S)Nc3cccc(-c4nc5cc(C(C)C)ccc5o4)c3)o2)cc1C. The molecule has 5 rings (SSSR count). The first-order chi connectivity index (χ1) is 17.8. The number of hydrogen-bond acceptors (Lipinski definition) is 5. The van der Waals surface area contributed by atoms with Crippen LogP contribution in [-0.4, -0.2) is 16.0 Å². The normalized spacial score (nSPS) is 11.2. The van der Waals surface area contributed by atoms with Crippen LogP contribution in [0.4, 0.5) is 5.69 Å². The van der Waals surface area contributed by atoms with Crippen LogP contribution in [0.5, 0.6) is 0 Å². The second-order valence-corrected chi connectivity index (χ2v) is 9.76. The Bertz CT molecular complexity index is 1630. The van der Waals surface area contributed by atoms with Crippen molar-refractivity contribution in [2.24, 2.45) is 0 Å². The predicted octanol–water partition coefficient (Wildman–Crippen LogP) is 7.62. The van der Waals surface area contributed by atoms with Gasteiger partial charge in [0.05, 0.1) is 0 Å². The van der Waals surface area contributed by atoms with E-state index in [0.29, 0.717) is 23.3 Å². The van der Waals surface area contributed by atoms with E-state index in [4.69, 9.17) is 21.1 Å². The largest absolute Gasteiger partial charge is 0.451 e. The van der Waals surface area contributed by atoms with Crippen molar-refractivity contribution in [2.75, 3.05) is 5.32 Å². The van der Waals surface area contributed by atoms with E-state index in [1.165, 1.54) is 11.1 Å². The van der Waals surface area contributed by atoms with E-state index in [2.05, 4.69) is 48.5 Å². The first-order valence-electron chi connectivity index (χ1n) is 12.1. The van der Waals surface area contributed by atoms with Gasteiger partial charge in [0.2, 0.25) is 5.89 Å². The van der Waals surface area contributed by atoms with Gasteiger partial charge in [-0.1, -0.05) is 38.1 Å². The summed E-state index contributed by atoms with van der Waals surface area (Å²) in [4.78, 5) is 17.4. The number of nitrogens with zero attached hydrogens (tertiary/aromatic N) is 1. The van der Waals surface area contributed by atoms with Gasteiger partial charge in [-0.25, -0.2) is 4.98 Å². The summed E-state index contributed by atoms with van der Waals surface area (Å²) in [6, 6.07) is 23.0. The average molecular weight is 510 g/mol. The Morgan fingerprint density at radius 1 is 0.892 bits per heavy atom. The number of aromatic nitrogens is 1. The first kappa shape index (κ1) is 24.5. The lowest BCUT2D eigenvalue weighted by Gasteiger charge is -2.09. The van der Waals surface area contributed by atoms with Gasteiger partial charge in [-0.05, 0) is 97.2 Å². The molecule has 0 saturated carbocycles. The lowest BCUT2D eigenvalue weighted by atomic mass is 10.0. The number of hydrogen-bond donors (Lipinski definition) is 2. The number of furan rings is 1. The molecule has 0 aliphatic heterocycles. The van der Waals surface area contributed by atoms with Gasteiger partial charge in [-0.3, -0.25) is 10.1 Å². The minimum atomic E-state index is -0.427. The number of amides is 1. The summed E-state index contributed by atoms with van der Waals surface area (Å²) in [6.45, 7) is 8.39. The molecule has 0 aliphatic carbocycles. The molecule has 2 heterocycles. The van der Waals surface area contributed by atoms with Crippen molar-refractivity contribution in [2.45, 2.75) is 33.6 Å². The summed E-state index contributed by atoms with van der Waals surface area (Å²) in [7, 11) is 0. The number of nitrogens with one attached hydrogen (secondary N) is 2. The standard InChI is InChI=1S/C30H27N3O3S/c1-17(2)20-10-11-26-24(16-20)32-29(36-26)22-6-5-7-23(15-22)31-30(37)33-28(34)27-13-12-25(35-27)21-9-8-18(3)19(4)14-21/h5-17H,1-4H3,(H2,31,33,34,37). The van der Waals surface area contributed by atoms with Gasteiger partial charge in [0, 0.05) is 16.8 Å². The van der Waals surface area contributed by atoms with Gasteiger partial charge in [-0.15, -0.1) is 0 Å². The van der Waals surface area contributed by atoms with Crippen LogP contribution in [-0.2, 0) is 0 Å². The fraction of sp³-hybridized carbons (Fsp3) is 0.167. The van der Waals surface area contributed by atoms with Crippen molar-refractivity contribution < 1.29 is 13.6 Å². The lowest BCUT2D eigenvalue weighted by molar-refractivity contribution is 0.0951. The summed E-state index contributed by atoms with van der Waals surface area (Å²) < 4.78 is 11.8. The van der Waals surface area contributed by atoms with Crippen LogP contribution < -0.4 is 10.6 Å².